The van der Waals surface area contributed by atoms with Crippen LogP contribution in [0.3, 0.4) is 0 Å². The normalized spacial score (nSPS) is 19.6. The number of nitrogens with zero attached hydrogens (tertiary/aromatic N) is 3. The number of aryl methyl sites for hydroxylation is 1. The molecule has 18 heavy (non-hydrogen) atoms. The molecular formula is C14H20N4. The lowest BCUT2D eigenvalue weighted by Crippen LogP contribution is -2.39. The minimum atomic E-state index is 0.669. The number of hydrogen-bond acceptors (Lipinski definition) is 4. The van der Waals surface area contributed by atoms with Crippen molar-refractivity contribution in [2.45, 2.75) is 19.8 Å². The van der Waals surface area contributed by atoms with E-state index in [-0.39, 0.29) is 0 Å². The van der Waals surface area contributed by atoms with Gasteiger partial charge in [-0.3, -0.25) is 0 Å². The van der Waals surface area contributed by atoms with Crippen LogP contribution in [0.15, 0.2) is 12.1 Å². The van der Waals surface area contributed by atoms with Crippen LogP contribution in [0.2, 0.25) is 0 Å². The summed E-state index contributed by atoms with van der Waals surface area (Å²) in [6.45, 7) is 5.08. The van der Waals surface area contributed by atoms with Gasteiger partial charge in [-0.05, 0) is 51.4 Å². The second-order valence-electron chi connectivity index (χ2n) is 4.93. The van der Waals surface area contributed by atoms with E-state index >= 15 is 0 Å². The molecule has 0 spiro atoms. The zero-order chi connectivity index (χ0) is 13.0. The molecule has 2 rings (SSSR count). The van der Waals surface area contributed by atoms with Crippen LogP contribution in [0, 0.1) is 24.2 Å². The summed E-state index contributed by atoms with van der Waals surface area (Å²) in [5, 5.41) is 12.2. The highest BCUT2D eigenvalue weighted by Gasteiger charge is 2.20. The molecule has 1 N–H and O–H groups in total. The molecule has 1 fully saturated rings. The molecule has 0 radical (unpaired) electrons. The van der Waals surface area contributed by atoms with Crippen LogP contribution in [-0.2, 0) is 0 Å². The Balaban J connectivity index is 2.11. The minimum absolute atomic E-state index is 0.669. The standard InChI is InChI=1S/C14H20N4/c1-11-13(8-15)5-6-14(17-11)18-7-3-4-12(10-18)9-16-2/h5-6,12,16H,3-4,7,9-10H2,1-2H3. The third-order valence-corrected chi connectivity index (χ3v) is 3.53. The highest BCUT2D eigenvalue weighted by molar-refractivity contribution is 5.45. The van der Waals surface area contributed by atoms with Crippen LogP contribution in [0.5, 0.6) is 0 Å². The van der Waals surface area contributed by atoms with Crippen molar-refractivity contribution in [3.63, 3.8) is 0 Å². The van der Waals surface area contributed by atoms with Crippen molar-refractivity contribution < 1.29 is 0 Å². The average Bonchev–Trinajstić information content (AvgIpc) is 2.39. The molecule has 4 nitrogen and oxygen atoms in total. The fraction of sp³-hybridized carbons (Fsp3) is 0.571. The van der Waals surface area contributed by atoms with E-state index in [1.54, 1.807) is 0 Å². The number of piperidine rings is 1. The van der Waals surface area contributed by atoms with Gasteiger partial charge < -0.3 is 10.2 Å². The smallest absolute Gasteiger partial charge is 0.128 e. The molecule has 1 saturated heterocycles. The Morgan fingerprint density at radius 2 is 2.39 bits per heavy atom. The van der Waals surface area contributed by atoms with E-state index in [0.29, 0.717) is 11.5 Å². The number of nitriles is 1. The molecule has 1 unspecified atom stereocenters. The maximum Gasteiger partial charge on any atom is 0.128 e. The van der Waals surface area contributed by atoms with Gasteiger partial charge in [0, 0.05) is 13.1 Å². The van der Waals surface area contributed by atoms with Crippen LogP contribution >= 0.6 is 0 Å². The topological polar surface area (TPSA) is 52.0 Å². The number of nitrogens with one attached hydrogen (secondary N) is 1. The van der Waals surface area contributed by atoms with Crippen molar-refractivity contribution in [1.29, 1.82) is 5.26 Å². The lowest BCUT2D eigenvalue weighted by Gasteiger charge is -2.33. The first-order valence-electron chi connectivity index (χ1n) is 6.52. The molecule has 1 aliphatic heterocycles. The van der Waals surface area contributed by atoms with Crippen molar-refractivity contribution in [3.8, 4) is 6.07 Å². The molecule has 1 aromatic rings. The zero-order valence-electron chi connectivity index (χ0n) is 11.1. The van der Waals surface area contributed by atoms with Crippen LogP contribution < -0.4 is 10.2 Å². The second kappa shape index (κ2) is 5.83. The molecule has 2 heterocycles. The molecule has 0 bridgehead atoms. The van der Waals surface area contributed by atoms with Gasteiger partial charge in [0.1, 0.15) is 11.9 Å². The maximum absolute atomic E-state index is 8.92. The van der Waals surface area contributed by atoms with Gasteiger partial charge in [-0.2, -0.15) is 5.26 Å². The quantitative estimate of drug-likeness (QED) is 0.879. The molecule has 1 aromatic heterocycles. The van der Waals surface area contributed by atoms with Crippen molar-refractivity contribution in [2.75, 3.05) is 31.6 Å². The monoisotopic (exact) mass is 244 g/mol. The van der Waals surface area contributed by atoms with Gasteiger partial charge >= 0.3 is 0 Å². The largest absolute Gasteiger partial charge is 0.356 e. The summed E-state index contributed by atoms with van der Waals surface area (Å²) in [7, 11) is 2.00. The first-order chi connectivity index (χ1) is 8.74. The summed E-state index contributed by atoms with van der Waals surface area (Å²) in [4.78, 5) is 6.88. The van der Waals surface area contributed by atoms with E-state index < -0.39 is 0 Å². The maximum atomic E-state index is 8.92. The van der Waals surface area contributed by atoms with Gasteiger partial charge in [0.05, 0.1) is 11.3 Å². The predicted octanol–water partition coefficient (Wildman–Crippen LogP) is 1.70. The third-order valence-electron chi connectivity index (χ3n) is 3.53. The predicted molar refractivity (Wildman–Crippen MR) is 72.6 cm³/mol. The molecular weight excluding hydrogens is 224 g/mol. The Morgan fingerprint density at radius 3 is 3.06 bits per heavy atom. The second-order valence-corrected chi connectivity index (χ2v) is 4.93. The van der Waals surface area contributed by atoms with E-state index in [1.165, 1.54) is 12.8 Å². The van der Waals surface area contributed by atoms with E-state index in [2.05, 4.69) is 21.3 Å². The number of aromatic nitrogens is 1. The van der Waals surface area contributed by atoms with Crippen LogP contribution in [0.25, 0.3) is 0 Å². The molecule has 0 aromatic carbocycles. The molecule has 0 amide bonds. The number of hydrogen-bond donors (Lipinski definition) is 1. The van der Waals surface area contributed by atoms with Gasteiger partial charge in [0.15, 0.2) is 0 Å². The molecule has 1 atom stereocenters. The lowest BCUT2D eigenvalue weighted by atomic mass is 9.98. The SMILES string of the molecule is CNCC1CCCN(c2ccc(C#N)c(C)n2)C1. The van der Waals surface area contributed by atoms with E-state index in [4.69, 9.17) is 5.26 Å². The lowest BCUT2D eigenvalue weighted by molar-refractivity contribution is 0.401. The Kier molecular flexibility index (Phi) is 4.16. The highest BCUT2D eigenvalue weighted by atomic mass is 15.2. The summed E-state index contributed by atoms with van der Waals surface area (Å²) in [6.07, 6.45) is 2.50. The Bertz CT molecular complexity index is 448. The minimum Gasteiger partial charge on any atom is -0.356 e. The fourth-order valence-corrected chi connectivity index (χ4v) is 2.57. The zero-order valence-corrected chi connectivity index (χ0v) is 11.1. The first-order valence-corrected chi connectivity index (χ1v) is 6.52. The van der Waals surface area contributed by atoms with Crippen molar-refractivity contribution >= 4 is 5.82 Å². The van der Waals surface area contributed by atoms with Crippen LogP contribution in [-0.4, -0.2) is 31.7 Å². The van der Waals surface area contributed by atoms with Gasteiger partial charge in [0.2, 0.25) is 0 Å². The summed E-state index contributed by atoms with van der Waals surface area (Å²) in [5.41, 5.74) is 1.49. The number of pyridine rings is 1. The Hall–Kier alpha value is -1.60. The third kappa shape index (κ3) is 2.80. The van der Waals surface area contributed by atoms with Crippen molar-refractivity contribution in [3.05, 3.63) is 23.4 Å². The van der Waals surface area contributed by atoms with Crippen LogP contribution in [0.1, 0.15) is 24.1 Å². The van der Waals surface area contributed by atoms with Crippen molar-refractivity contribution in [1.82, 2.24) is 10.3 Å². The first kappa shape index (κ1) is 12.8. The van der Waals surface area contributed by atoms with E-state index in [1.807, 2.05) is 26.1 Å². The Labute approximate surface area is 109 Å². The van der Waals surface area contributed by atoms with E-state index in [9.17, 15) is 0 Å². The summed E-state index contributed by atoms with van der Waals surface area (Å²) in [5.74, 6) is 1.70. The number of rotatable bonds is 3. The molecule has 1 aliphatic rings. The van der Waals surface area contributed by atoms with Gasteiger partial charge in [0.25, 0.3) is 0 Å². The Morgan fingerprint density at radius 1 is 1.56 bits per heavy atom. The summed E-state index contributed by atoms with van der Waals surface area (Å²) >= 11 is 0. The molecule has 4 heteroatoms. The average molecular weight is 244 g/mol. The molecule has 96 valence electrons. The molecule has 0 aliphatic carbocycles. The van der Waals surface area contributed by atoms with E-state index in [0.717, 1.165) is 31.1 Å². The number of anilines is 1. The van der Waals surface area contributed by atoms with Gasteiger partial charge in [-0.25, -0.2) is 4.98 Å². The highest BCUT2D eigenvalue weighted by Crippen LogP contribution is 2.22. The van der Waals surface area contributed by atoms with Crippen LogP contribution in [0.4, 0.5) is 5.82 Å². The van der Waals surface area contributed by atoms with Gasteiger partial charge in [-0.1, -0.05) is 0 Å². The van der Waals surface area contributed by atoms with Crippen molar-refractivity contribution in [2.24, 2.45) is 5.92 Å². The summed E-state index contributed by atoms with van der Waals surface area (Å²) in [6, 6.07) is 6.00. The molecule has 0 saturated carbocycles. The summed E-state index contributed by atoms with van der Waals surface area (Å²) < 4.78 is 0. The van der Waals surface area contributed by atoms with Gasteiger partial charge in [-0.15, -0.1) is 0 Å². The fourth-order valence-electron chi connectivity index (χ4n) is 2.57.